The van der Waals surface area contributed by atoms with E-state index in [4.69, 9.17) is 4.74 Å². The van der Waals surface area contributed by atoms with E-state index in [-0.39, 0.29) is 42.2 Å². The predicted molar refractivity (Wildman–Crippen MR) is 122 cm³/mol. The number of rotatable bonds is 5. The first-order valence-corrected chi connectivity index (χ1v) is 11.2. The topological polar surface area (TPSA) is 45.7 Å². The van der Waals surface area contributed by atoms with E-state index >= 15 is 0 Å². The number of ether oxygens (including phenoxy) is 1. The molecule has 1 saturated heterocycles. The number of amides is 1. The van der Waals surface area contributed by atoms with Gasteiger partial charge in [-0.1, -0.05) is 17.4 Å². The quantitative estimate of drug-likeness (QED) is 0.368. The van der Waals surface area contributed by atoms with E-state index in [9.17, 15) is 35.5 Å². The van der Waals surface area contributed by atoms with Gasteiger partial charge in [-0.2, -0.15) is 26.3 Å². The number of para-hydroxylation sites is 1. The number of fused-ring (bicyclic) bond motifs is 1. The molecular formula is C22H19ClF7N3O2S. The fourth-order valence-electron chi connectivity index (χ4n) is 3.60. The van der Waals surface area contributed by atoms with Crippen LogP contribution in [0.5, 0.6) is 0 Å². The summed E-state index contributed by atoms with van der Waals surface area (Å²) in [5, 5.41) is -0.0330. The molecule has 5 nitrogen and oxygen atoms in total. The highest BCUT2D eigenvalue weighted by atomic mass is 35.5. The van der Waals surface area contributed by atoms with E-state index in [2.05, 4.69) is 4.98 Å². The highest BCUT2D eigenvalue weighted by molar-refractivity contribution is 7.22. The van der Waals surface area contributed by atoms with Crippen LogP contribution in [0, 0.1) is 5.82 Å². The monoisotopic (exact) mass is 557 g/mol. The minimum atomic E-state index is -5.10. The second kappa shape index (κ2) is 10.9. The number of halogens is 8. The maximum Gasteiger partial charge on any atom is 0.416 e. The number of alkyl halides is 6. The Balaban J connectivity index is 0.00000361. The van der Waals surface area contributed by atoms with Crippen molar-refractivity contribution < 1.29 is 40.3 Å². The summed E-state index contributed by atoms with van der Waals surface area (Å²) in [7, 11) is 0. The average molecular weight is 558 g/mol. The summed E-state index contributed by atoms with van der Waals surface area (Å²) < 4.78 is 99.9. The third kappa shape index (κ3) is 6.25. The molecule has 0 radical (unpaired) electrons. The Hall–Kier alpha value is -2.48. The Morgan fingerprint density at radius 1 is 1.03 bits per heavy atom. The lowest BCUT2D eigenvalue weighted by atomic mass is 10.0. The molecule has 2 aromatic carbocycles. The zero-order valence-corrected chi connectivity index (χ0v) is 20.0. The Bertz CT molecular complexity index is 1190. The molecule has 196 valence electrons. The van der Waals surface area contributed by atoms with Crippen LogP contribution < -0.4 is 4.90 Å². The normalized spacial score (nSPS) is 15.1. The number of benzene rings is 2. The van der Waals surface area contributed by atoms with Gasteiger partial charge in [-0.3, -0.25) is 14.6 Å². The molecule has 4 rings (SSSR count). The summed E-state index contributed by atoms with van der Waals surface area (Å²) in [5.41, 5.74) is -4.04. The highest BCUT2D eigenvalue weighted by Crippen LogP contribution is 2.37. The SMILES string of the molecule is Cl.O=C(c1cc(C(F)(F)F)cc(C(F)(F)F)c1)N(CCN1CCOCC1)c1nc2c(F)cccc2s1. The van der Waals surface area contributed by atoms with Crippen molar-refractivity contribution in [3.05, 3.63) is 58.9 Å². The smallest absolute Gasteiger partial charge is 0.379 e. The Kier molecular flexibility index (Phi) is 8.48. The van der Waals surface area contributed by atoms with Crippen molar-refractivity contribution in [1.29, 1.82) is 0 Å². The second-order valence-electron chi connectivity index (χ2n) is 7.79. The third-order valence-corrected chi connectivity index (χ3v) is 6.46. The van der Waals surface area contributed by atoms with E-state index in [1.807, 2.05) is 4.90 Å². The molecule has 1 aliphatic rings. The lowest BCUT2D eigenvalue weighted by Crippen LogP contribution is -2.43. The molecule has 0 saturated carbocycles. The number of thiazole rings is 1. The summed E-state index contributed by atoms with van der Waals surface area (Å²) in [6.45, 7) is 2.15. The molecule has 14 heteroatoms. The van der Waals surface area contributed by atoms with Crippen LogP contribution in [0.1, 0.15) is 21.5 Å². The summed E-state index contributed by atoms with van der Waals surface area (Å²) in [6.07, 6.45) is -10.2. The van der Waals surface area contributed by atoms with Crippen molar-refractivity contribution >= 4 is 45.0 Å². The van der Waals surface area contributed by atoms with Gasteiger partial charge in [-0.25, -0.2) is 9.37 Å². The molecule has 36 heavy (non-hydrogen) atoms. The molecule has 0 aliphatic carbocycles. The van der Waals surface area contributed by atoms with Gasteiger partial charge in [0.15, 0.2) is 5.13 Å². The summed E-state index contributed by atoms with van der Waals surface area (Å²) in [6, 6.07) is 4.87. The van der Waals surface area contributed by atoms with Crippen LogP contribution in [-0.4, -0.2) is 55.2 Å². The lowest BCUT2D eigenvalue weighted by Gasteiger charge is -2.29. The van der Waals surface area contributed by atoms with Crippen LogP contribution in [0.15, 0.2) is 36.4 Å². The lowest BCUT2D eigenvalue weighted by molar-refractivity contribution is -0.143. The first-order chi connectivity index (χ1) is 16.4. The van der Waals surface area contributed by atoms with Gasteiger partial charge in [0.1, 0.15) is 11.3 Å². The van der Waals surface area contributed by atoms with Crippen molar-refractivity contribution in [2.24, 2.45) is 0 Å². The zero-order valence-electron chi connectivity index (χ0n) is 18.3. The van der Waals surface area contributed by atoms with Gasteiger partial charge in [-0.15, -0.1) is 12.4 Å². The standard InChI is InChI=1S/C22H18F7N3O2S.ClH/c23-16-2-1-3-17-18(16)30-20(35-17)32(5-4-31-6-8-34-9-7-31)19(33)13-10-14(21(24,25)26)12-15(11-13)22(27,28)29;/h1-3,10-12H,4-9H2;1H. The van der Waals surface area contributed by atoms with E-state index in [0.717, 1.165) is 22.3 Å². The fraction of sp³-hybridized carbons (Fsp3) is 0.364. The molecule has 1 aliphatic heterocycles. The third-order valence-electron chi connectivity index (χ3n) is 5.41. The number of carbonyl (C=O) groups is 1. The number of hydrogen-bond acceptors (Lipinski definition) is 5. The minimum Gasteiger partial charge on any atom is -0.379 e. The second-order valence-corrected chi connectivity index (χ2v) is 8.80. The van der Waals surface area contributed by atoms with E-state index < -0.39 is 40.8 Å². The number of morpholine rings is 1. The van der Waals surface area contributed by atoms with E-state index in [1.165, 1.54) is 6.07 Å². The van der Waals surface area contributed by atoms with Crippen molar-refractivity contribution in [3.8, 4) is 0 Å². The van der Waals surface area contributed by atoms with Gasteiger partial charge in [0, 0.05) is 31.7 Å². The van der Waals surface area contributed by atoms with Crippen molar-refractivity contribution in [1.82, 2.24) is 9.88 Å². The molecule has 3 aromatic rings. The Morgan fingerprint density at radius 3 is 2.19 bits per heavy atom. The minimum absolute atomic E-state index is 0. The molecule has 0 spiro atoms. The van der Waals surface area contributed by atoms with Crippen molar-refractivity contribution in [2.75, 3.05) is 44.3 Å². The van der Waals surface area contributed by atoms with Crippen LogP contribution >= 0.6 is 23.7 Å². The summed E-state index contributed by atoms with van der Waals surface area (Å²) in [4.78, 5) is 20.4. The number of anilines is 1. The van der Waals surface area contributed by atoms with Crippen LogP contribution in [0.2, 0.25) is 0 Å². The molecule has 1 amide bonds. The van der Waals surface area contributed by atoms with Crippen molar-refractivity contribution in [2.45, 2.75) is 12.4 Å². The summed E-state index contributed by atoms with van der Waals surface area (Å²) in [5.74, 6) is -1.77. The molecular weight excluding hydrogens is 539 g/mol. The van der Waals surface area contributed by atoms with Gasteiger partial charge in [-0.05, 0) is 30.3 Å². The maximum atomic E-state index is 14.2. The van der Waals surface area contributed by atoms with Gasteiger partial charge >= 0.3 is 12.4 Å². The van der Waals surface area contributed by atoms with Crippen LogP contribution in [-0.2, 0) is 17.1 Å². The van der Waals surface area contributed by atoms with Gasteiger partial charge in [0.2, 0.25) is 0 Å². The molecule has 0 N–H and O–H groups in total. The predicted octanol–water partition coefficient (Wildman–Crippen LogP) is 5.87. The molecule has 1 fully saturated rings. The summed E-state index contributed by atoms with van der Waals surface area (Å²) >= 11 is 0.915. The Labute approximate surface area is 210 Å². The largest absolute Gasteiger partial charge is 0.416 e. The first-order valence-electron chi connectivity index (χ1n) is 10.4. The fourth-order valence-corrected chi connectivity index (χ4v) is 4.61. The molecule has 0 bridgehead atoms. The van der Waals surface area contributed by atoms with Gasteiger partial charge < -0.3 is 4.74 Å². The van der Waals surface area contributed by atoms with Crippen molar-refractivity contribution in [3.63, 3.8) is 0 Å². The first kappa shape index (κ1) is 28.1. The van der Waals surface area contributed by atoms with Crippen LogP contribution in [0.4, 0.5) is 35.9 Å². The number of hydrogen-bond donors (Lipinski definition) is 0. The highest BCUT2D eigenvalue weighted by Gasteiger charge is 2.38. The number of aromatic nitrogens is 1. The number of nitrogens with zero attached hydrogens (tertiary/aromatic N) is 3. The molecule has 0 atom stereocenters. The Morgan fingerprint density at radius 2 is 1.64 bits per heavy atom. The zero-order chi connectivity index (χ0) is 25.4. The molecule has 0 unspecified atom stereocenters. The van der Waals surface area contributed by atoms with E-state index in [1.54, 1.807) is 6.07 Å². The maximum absolute atomic E-state index is 14.2. The van der Waals surface area contributed by atoms with E-state index in [0.29, 0.717) is 43.1 Å². The van der Waals surface area contributed by atoms with Crippen LogP contribution in [0.25, 0.3) is 10.2 Å². The average Bonchev–Trinajstić information content (AvgIpc) is 3.24. The van der Waals surface area contributed by atoms with Gasteiger partial charge in [0.05, 0.1) is 29.0 Å². The molecule has 1 aromatic heterocycles. The number of carbonyl (C=O) groups excluding carboxylic acids is 1. The van der Waals surface area contributed by atoms with Gasteiger partial charge in [0.25, 0.3) is 5.91 Å². The van der Waals surface area contributed by atoms with Crippen LogP contribution in [0.3, 0.4) is 0 Å². The molecule has 2 heterocycles.